The monoisotopic (exact) mass is 219 g/mol. The average molecular weight is 219 g/mol. The third-order valence-corrected chi connectivity index (χ3v) is 2.92. The number of pyridine rings is 1. The van der Waals surface area contributed by atoms with Gasteiger partial charge in [0.05, 0.1) is 6.54 Å². The Hall–Kier alpha value is -1.42. The van der Waals surface area contributed by atoms with Crippen molar-refractivity contribution in [2.75, 3.05) is 5.32 Å². The quantitative estimate of drug-likeness (QED) is 0.862. The summed E-state index contributed by atoms with van der Waals surface area (Å²) in [5, 5.41) is 4.44. The normalized spacial score (nSPS) is 10.3. The first kappa shape index (κ1) is 10.1. The molecule has 0 radical (unpaired) electrons. The van der Waals surface area contributed by atoms with Gasteiger partial charge in [-0.1, -0.05) is 0 Å². The molecule has 2 rings (SSSR count). The van der Waals surface area contributed by atoms with Gasteiger partial charge in [0.1, 0.15) is 5.01 Å². The van der Waals surface area contributed by atoms with Crippen molar-refractivity contribution in [2.45, 2.75) is 20.4 Å². The first-order valence-electron chi connectivity index (χ1n) is 4.82. The second-order valence-electron chi connectivity index (χ2n) is 3.40. The topological polar surface area (TPSA) is 37.8 Å². The Morgan fingerprint density at radius 2 is 2.20 bits per heavy atom. The fourth-order valence-electron chi connectivity index (χ4n) is 1.32. The molecule has 0 unspecified atom stereocenters. The van der Waals surface area contributed by atoms with Crippen molar-refractivity contribution < 1.29 is 0 Å². The minimum Gasteiger partial charge on any atom is -0.378 e. The van der Waals surface area contributed by atoms with Gasteiger partial charge in [-0.25, -0.2) is 4.98 Å². The van der Waals surface area contributed by atoms with Gasteiger partial charge in [-0.3, -0.25) is 4.98 Å². The maximum absolute atomic E-state index is 4.29. The van der Waals surface area contributed by atoms with Crippen molar-refractivity contribution in [1.29, 1.82) is 0 Å². The molecule has 3 nitrogen and oxygen atoms in total. The largest absolute Gasteiger partial charge is 0.378 e. The van der Waals surface area contributed by atoms with Gasteiger partial charge >= 0.3 is 0 Å². The van der Waals surface area contributed by atoms with E-state index in [4.69, 9.17) is 0 Å². The number of thiazole rings is 1. The fraction of sp³-hybridized carbons (Fsp3) is 0.273. The summed E-state index contributed by atoms with van der Waals surface area (Å²) < 4.78 is 0. The van der Waals surface area contributed by atoms with Crippen LogP contribution in [-0.2, 0) is 6.54 Å². The molecule has 1 N–H and O–H groups in total. The van der Waals surface area contributed by atoms with E-state index in [1.165, 1.54) is 4.88 Å². The summed E-state index contributed by atoms with van der Waals surface area (Å²) >= 11 is 1.72. The molecule has 0 aliphatic heterocycles. The van der Waals surface area contributed by atoms with Crippen LogP contribution in [0.25, 0.3) is 0 Å². The number of rotatable bonds is 3. The molecule has 2 aromatic heterocycles. The summed E-state index contributed by atoms with van der Waals surface area (Å²) in [7, 11) is 0. The zero-order valence-corrected chi connectivity index (χ0v) is 9.64. The number of nitrogens with one attached hydrogen (secondary N) is 1. The lowest BCUT2D eigenvalue weighted by molar-refractivity contribution is 1.09. The van der Waals surface area contributed by atoms with E-state index in [0.717, 1.165) is 22.9 Å². The highest BCUT2D eigenvalue weighted by atomic mass is 32.1. The maximum atomic E-state index is 4.29. The molecule has 78 valence electrons. The predicted molar refractivity (Wildman–Crippen MR) is 63.2 cm³/mol. The van der Waals surface area contributed by atoms with Crippen LogP contribution in [0.15, 0.2) is 24.5 Å². The van der Waals surface area contributed by atoms with E-state index in [-0.39, 0.29) is 0 Å². The summed E-state index contributed by atoms with van der Waals surface area (Å²) in [5.74, 6) is 0. The molecule has 0 fully saturated rings. The van der Waals surface area contributed by atoms with Gasteiger partial charge in [-0.15, -0.1) is 11.3 Å². The van der Waals surface area contributed by atoms with Crippen LogP contribution in [0.2, 0.25) is 0 Å². The standard InChI is InChI=1S/C11H13N3S/c1-8-5-10(3-4-12-8)13-7-11-14-6-9(2)15-11/h3-6H,7H2,1-2H3,(H,12,13). The first-order valence-corrected chi connectivity index (χ1v) is 5.63. The number of nitrogens with zero attached hydrogens (tertiary/aromatic N) is 2. The van der Waals surface area contributed by atoms with Crippen LogP contribution in [0.4, 0.5) is 5.69 Å². The van der Waals surface area contributed by atoms with E-state index in [2.05, 4.69) is 22.2 Å². The molecule has 0 saturated carbocycles. The van der Waals surface area contributed by atoms with Crippen LogP contribution in [0.5, 0.6) is 0 Å². The lowest BCUT2D eigenvalue weighted by atomic mass is 10.3. The van der Waals surface area contributed by atoms with Gasteiger partial charge in [-0.05, 0) is 26.0 Å². The molecular weight excluding hydrogens is 206 g/mol. The number of aromatic nitrogens is 2. The Morgan fingerprint density at radius 1 is 1.33 bits per heavy atom. The van der Waals surface area contributed by atoms with Crippen molar-refractivity contribution in [3.05, 3.63) is 40.1 Å². The Kier molecular flexibility index (Phi) is 2.97. The molecule has 2 heterocycles. The summed E-state index contributed by atoms with van der Waals surface area (Å²) in [6, 6.07) is 3.99. The van der Waals surface area contributed by atoms with E-state index in [1.807, 2.05) is 31.5 Å². The zero-order valence-electron chi connectivity index (χ0n) is 8.82. The molecule has 2 aromatic rings. The average Bonchev–Trinajstić information content (AvgIpc) is 2.62. The van der Waals surface area contributed by atoms with Gasteiger partial charge in [0.2, 0.25) is 0 Å². The number of aryl methyl sites for hydroxylation is 2. The number of anilines is 1. The highest BCUT2D eigenvalue weighted by molar-refractivity contribution is 7.11. The minimum atomic E-state index is 0.780. The second kappa shape index (κ2) is 4.40. The number of hydrogen-bond donors (Lipinski definition) is 1. The van der Waals surface area contributed by atoms with Crippen molar-refractivity contribution in [3.63, 3.8) is 0 Å². The van der Waals surface area contributed by atoms with Crippen LogP contribution in [0.3, 0.4) is 0 Å². The van der Waals surface area contributed by atoms with E-state index in [1.54, 1.807) is 11.3 Å². The molecule has 15 heavy (non-hydrogen) atoms. The Bertz CT molecular complexity index is 451. The van der Waals surface area contributed by atoms with E-state index in [0.29, 0.717) is 0 Å². The molecule has 0 aliphatic rings. The molecular formula is C11H13N3S. The molecule has 0 bridgehead atoms. The molecule has 0 aromatic carbocycles. The smallest absolute Gasteiger partial charge is 0.112 e. The van der Waals surface area contributed by atoms with Gasteiger partial charge in [0.25, 0.3) is 0 Å². The van der Waals surface area contributed by atoms with E-state index >= 15 is 0 Å². The maximum Gasteiger partial charge on any atom is 0.112 e. The molecule has 4 heteroatoms. The van der Waals surface area contributed by atoms with Crippen LogP contribution in [0.1, 0.15) is 15.6 Å². The van der Waals surface area contributed by atoms with Crippen LogP contribution >= 0.6 is 11.3 Å². The Balaban J connectivity index is 1.99. The highest BCUT2D eigenvalue weighted by Gasteiger charge is 1.98. The summed E-state index contributed by atoms with van der Waals surface area (Å²) in [4.78, 5) is 9.69. The molecule has 0 aliphatic carbocycles. The minimum absolute atomic E-state index is 0.780. The second-order valence-corrected chi connectivity index (χ2v) is 4.72. The fourth-order valence-corrected chi connectivity index (χ4v) is 2.04. The van der Waals surface area contributed by atoms with E-state index in [9.17, 15) is 0 Å². The summed E-state index contributed by atoms with van der Waals surface area (Å²) in [6.07, 6.45) is 3.71. The summed E-state index contributed by atoms with van der Waals surface area (Å²) in [6.45, 7) is 4.83. The molecule has 0 saturated heterocycles. The SMILES string of the molecule is Cc1cc(NCc2ncc(C)s2)ccn1. The Labute approximate surface area is 93.2 Å². The first-order chi connectivity index (χ1) is 7.24. The number of hydrogen-bond acceptors (Lipinski definition) is 4. The third-order valence-electron chi connectivity index (χ3n) is 2.01. The Morgan fingerprint density at radius 3 is 2.87 bits per heavy atom. The predicted octanol–water partition coefficient (Wildman–Crippen LogP) is 2.77. The lowest BCUT2D eigenvalue weighted by Gasteiger charge is -2.03. The van der Waals surface area contributed by atoms with E-state index < -0.39 is 0 Å². The zero-order chi connectivity index (χ0) is 10.7. The van der Waals surface area contributed by atoms with Gasteiger partial charge in [-0.2, -0.15) is 0 Å². The van der Waals surface area contributed by atoms with Crippen molar-refractivity contribution >= 4 is 17.0 Å². The van der Waals surface area contributed by atoms with Crippen molar-refractivity contribution in [3.8, 4) is 0 Å². The van der Waals surface area contributed by atoms with Crippen LogP contribution in [-0.4, -0.2) is 9.97 Å². The molecule has 0 amide bonds. The van der Waals surface area contributed by atoms with Crippen molar-refractivity contribution in [1.82, 2.24) is 9.97 Å². The van der Waals surface area contributed by atoms with Crippen LogP contribution in [0, 0.1) is 13.8 Å². The molecule has 0 spiro atoms. The lowest BCUT2D eigenvalue weighted by Crippen LogP contribution is -1.99. The highest BCUT2D eigenvalue weighted by Crippen LogP contribution is 2.14. The van der Waals surface area contributed by atoms with Gasteiger partial charge < -0.3 is 5.32 Å². The van der Waals surface area contributed by atoms with Gasteiger partial charge in [0.15, 0.2) is 0 Å². The van der Waals surface area contributed by atoms with Gasteiger partial charge in [0, 0.05) is 28.7 Å². The third kappa shape index (κ3) is 2.76. The van der Waals surface area contributed by atoms with Crippen molar-refractivity contribution in [2.24, 2.45) is 0 Å². The molecule has 0 atom stereocenters. The van der Waals surface area contributed by atoms with Crippen LogP contribution < -0.4 is 5.32 Å². The summed E-state index contributed by atoms with van der Waals surface area (Å²) in [5.41, 5.74) is 2.12.